The van der Waals surface area contributed by atoms with E-state index in [0.717, 1.165) is 14.2 Å². The van der Waals surface area contributed by atoms with Crippen molar-refractivity contribution in [1.29, 1.82) is 0 Å². The van der Waals surface area contributed by atoms with Crippen LogP contribution in [0.5, 0.6) is 0 Å². The Morgan fingerprint density at radius 2 is 1.50 bits per heavy atom. The minimum absolute atomic E-state index is 0.0536. The molecular weight excluding hydrogens is 316 g/mol. The van der Waals surface area contributed by atoms with Gasteiger partial charge in [-0.05, 0) is 12.5 Å². The van der Waals surface area contributed by atoms with Crippen LogP contribution in [0.25, 0.3) is 0 Å². The van der Waals surface area contributed by atoms with E-state index in [1.807, 2.05) is 0 Å². The van der Waals surface area contributed by atoms with Gasteiger partial charge in [0.1, 0.15) is 0 Å². The molecule has 1 aromatic carbocycles. The van der Waals surface area contributed by atoms with Gasteiger partial charge in [-0.3, -0.25) is 14.4 Å². The third-order valence-electron chi connectivity index (χ3n) is 3.45. The van der Waals surface area contributed by atoms with Crippen molar-refractivity contribution in [3.05, 3.63) is 35.9 Å². The van der Waals surface area contributed by atoms with Gasteiger partial charge in [0, 0.05) is 12.3 Å². The second-order valence-corrected chi connectivity index (χ2v) is 4.89. The number of Topliss-reactive ketones (excluding diaryl/α,β-unsaturated/α-hetero) is 1. The lowest BCUT2D eigenvalue weighted by Gasteiger charge is -2.23. The largest absolute Gasteiger partial charge is 0.468 e. The van der Waals surface area contributed by atoms with Gasteiger partial charge in [0.15, 0.2) is 5.92 Å². The monoisotopic (exact) mass is 336 g/mol. The first-order valence-electron chi connectivity index (χ1n) is 7.36. The molecule has 0 aliphatic rings. The van der Waals surface area contributed by atoms with E-state index in [4.69, 9.17) is 0 Å². The zero-order valence-electron chi connectivity index (χ0n) is 13.8. The lowest BCUT2D eigenvalue weighted by molar-refractivity contribution is -0.161. The molecule has 0 aliphatic carbocycles. The van der Waals surface area contributed by atoms with Crippen LogP contribution in [-0.2, 0) is 33.4 Å². The predicted molar refractivity (Wildman–Crippen MR) is 83.0 cm³/mol. The summed E-state index contributed by atoms with van der Waals surface area (Å²) in [6, 6.07) is 8.45. The third kappa shape index (κ3) is 4.91. The van der Waals surface area contributed by atoms with Gasteiger partial charge in [-0.25, -0.2) is 4.79 Å². The molecule has 7 nitrogen and oxygen atoms in total. The number of carbonyl (C=O) groups excluding carboxylic acids is 4. The fraction of sp³-hybridized carbons (Fsp3) is 0.412. The number of methoxy groups -OCH3 is 2. The van der Waals surface area contributed by atoms with Crippen molar-refractivity contribution in [1.82, 2.24) is 0 Å². The Morgan fingerprint density at radius 3 is 1.96 bits per heavy atom. The van der Waals surface area contributed by atoms with Crippen LogP contribution in [0.1, 0.15) is 24.8 Å². The topological polar surface area (TPSA) is 96.0 Å². The molecule has 0 heterocycles. The zero-order valence-corrected chi connectivity index (χ0v) is 13.8. The highest BCUT2D eigenvalue weighted by molar-refractivity contribution is 6.33. The molecule has 1 aromatic rings. The molecule has 0 fully saturated rings. The highest BCUT2D eigenvalue weighted by atomic mass is 16.5. The predicted octanol–water partition coefficient (Wildman–Crippen LogP) is 1.25. The maximum absolute atomic E-state index is 12.1. The molecule has 0 N–H and O–H groups in total. The molecule has 0 spiro atoms. The number of ether oxygens (including phenoxy) is 3. The van der Waals surface area contributed by atoms with Crippen molar-refractivity contribution in [2.45, 2.75) is 19.3 Å². The second-order valence-electron chi connectivity index (χ2n) is 4.89. The van der Waals surface area contributed by atoms with Crippen LogP contribution in [0.3, 0.4) is 0 Å². The normalized spacial score (nSPS) is 11.5. The Kier molecular flexibility index (Phi) is 7.61. The van der Waals surface area contributed by atoms with E-state index in [9.17, 15) is 19.2 Å². The molecular formula is C17H20O7. The summed E-state index contributed by atoms with van der Waals surface area (Å²) in [4.78, 5) is 47.8. The molecule has 130 valence electrons. The minimum Gasteiger partial charge on any atom is -0.468 e. The number of rotatable bonds is 8. The first kappa shape index (κ1) is 19.3. The Hall–Kier alpha value is -2.70. The Balaban J connectivity index is 3.21. The van der Waals surface area contributed by atoms with Gasteiger partial charge in [0.2, 0.25) is 5.78 Å². The van der Waals surface area contributed by atoms with Crippen molar-refractivity contribution >= 4 is 23.7 Å². The fourth-order valence-corrected chi connectivity index (χ4v) is 2.30. The molecule has 1 rings (SSSR count). The molecule has 7 heteroatoms. The SMILES string of the molecule is CCOC(=O)C(=O)CC(c1ccccc1)C(C(=O)OC)C(=O)OC. The Morgan fingerprint density at radius 1 is 0.958 bits per heavy atom. The van der Waals surface area contributed by atoms with Crippen LogP contribution in [0.15, 0.2) is 30.3 Å². The average Bonchev–Trinajstić information content (AvgIpc) is 2.61. The van der Waals surface area contributed by atoms with Crippen LogP contribution in [-0.4, -0.2) is 44.5 Å². The van der Waals surface area contributed by atoms with Crippen molar-refractivity contribution in [3.63, 3.8) is 0 Å². The van der Waals surface area contributed by atoms with E-state index in [2.05, 4.69) is 14.2 Å². The van der Waals surface area contributed by atoms with E-state index in [-0.39, 0.29) is 13.0 Å². The highest BCUT2D eigenvalue weighted by Gasteiger charge is 2.40. The summed E-state index contributed by atoms with van der Waals surface area (Å²) in [5, 5.41) is 0. The molecule has 0 bridgehead atoms. The molecule has 24 heavy (non-hydrogen) atoms. The summed E-state index contributed by atoms with van der Waals surface area (Å²) in [6.45, 7) is 1.63. The van der Waals surface area contributed by atoms with Crippen LogP contribution >= 0.6 is 0 Å². The molecule has 0 saturated heterocycles. The number of esters is 3. The first-order chi connectivity index (χ1) is 11.5. The molecule has 0 radical (unpaired) electrons. The smallest absolute Gasteiger partial charge is 0.374 e. The van der Waals surface area contributed by atoms with Gasteiger partial charge in [-0.1, -0.05) is 30.3 Å². The molecule has 0 saturated carbocycles. The summed E-state index contributed by atoms with van der Waals surface area (Å²) in [7, 11) is 2.26. The van der Waals surface area contributed by atoms with Gasteiger partial charge in [0.05, 0.1) is 20.8 Å². The minimum atomic E-state index is -1.36. The van der Waals surface area contributed by atoms with E-state index in [1.165, 1.54) is 0 Å². The molecule has 0 amide bonds. The number of carbonyl (C=O) groups is 4. The summed E-state index contributed by atoms with van der Waals surface area (Å²) in [6.07, 6.45) is -0.377. The molecule has 0 aromatic heterocycles. The Labute approximate surface area is 139 Å². The van der Waals surface area contributed by atoms with Crippen LogP contribution < -0.4 is 0 Å². The maximum Gasteiger partial charge on any atom is 0.374 e. The van der Waals surface area contributed by atoms with Crippen LogP contribution in [0, 0.1) is 5.92 Å². The fourth-order valence-electron chi connectivity index (χ4n) is 2.30. The standard InChI is InChI=1S/C17H20O7/c1-4-24-15(19)13(18)10-12(11-8-6-5-7-9-11)14(16(20)22-2)17(21)23-3/h5-9,12,14H,4,10H2,1-3H3. The summed E-state index contributed by atoms with van der Waals surface area (Å²) in [5.74, 6) is -5.78. The van der Waals surface area contributed by atoms with E-state index >= 15 is 0 Å². The van der Waals surface area contributed by atoms with Crippen LogP contribution in [0.2, 0.25) is 0 Å². The average molecular weight is 336 g/mol. The lowest BCUT2D eigenvalue weighted by atomic mass is 9.82. The highest BCUT2D eigenvalue weighted by Crippen LogP contribution is 2.30. The van der Waals surface area contributed by atoms with E-state index < -0.39 is 35.5 Å². The van der Waals surface area contributed by atoms with Crippen molar-refractivity contribution in [3.8, 4) is 0 Å². The van der Waals surface area contributed by atoms with E-state index in [0.29, 0.717) is 5.56 Å². The second kappa shape index (κ2) is 9.44. The summed E-state index contributed by atoms with van der Waals surface area (Å²) < 4.78 is 14.0. The van der Waals surface area contributed by atoms with Crippen molar-refractivity contribution in [2.24, 2.45) is 5.92 Å². The number of hydrogen-bond acceptors (Lipinski definition) is 7. The lowest BCUT2D eigenvalue weighted by Crippen LogP contribution is -2.34. The van der Waals surface area contributed by atoms with Crippen LogP contribution in [0.4, 0.5) is 0 Å². The summed E-state index contributed by atoms with van der Waals surface area (Å²) in [5.41, 5.74) is 0.538. The summed E-state index contributed by atoms with van der Waals surface area (Å²) >= 11 is 0. The zero-order chi connectivity index (χ0) is 18.1. The Bertz CT molecular complexity index is 578. The van der Waals surface area contributed by atoms with E-state index in [1.54, 1.807) is 37.3 Å². The van der Waals surface area contributed by atoms with Gasteiger partial charge in [-0.2, -0.15) is 0 Å². The van der Waals surface area contributed by atoms with Gasteiger partial charge < -0.3 is 14.2 Å². The first-order valence-corrected chi connectivity index (χ1v) is 7.36. The van der Waals surface area contributed by atoms with Gasteiger partial charge >= 0.3 is 17.9 Å². The number of hydrogen-bond donors (Lipinski definition) is 0. The molecule has 1 unspecified atom stereocenters. The van der Waals surface area contributed by atoms with Crippen molar-refractivity contribution < 1.29 is 33.4 Å². The maximum atomic E-state index is 12.1. The molecule has 0 aliphatic heterocycles. The van der Waals surface area contributed by atoms with Crippen molar-refractivity contribution in [2.75, 3.05) is 20.8 Å². The quantitative estimate of drug-likeness (QED) is 0.305. The number of benzene rings is 1. The molecule has 1 atom stereocenters. The van der Waals surface area contributed by atoms with Gasteiger partial charge in [0.25, 0.3) is 0 Å². The number of ketones is 1. The third-order valence-corrected chi connectivity index (χ3v) is 3.45. The van der Waals surface area contributed by atoms with Gasteiger partial charge in [-0.15, -0.1) is 0 Å².